The molecule has 1 saturated heterocycles. The van der Waals surface area contributed by atoms with Crippen LogP contribution in [-0.2, 0) is 16.1 Å². The lowest BCUT2D eigenvalue weighted by atomic mass is 10.1. The molecule has 2 aromatic carbocycles. The number of likely N-dealkylation sites (tertiary alicyclic amines) is 1. The molecule has 0 aliphatic carbocycles. The second-order valence-corrected chi connectivity index (χ2v) is 8.95. The van der Waals surface area contributed by atoms with Crippen molar-refractivity contribution >= 4 is 46.1 Å². The number of aromatic nitrogens is 2. The summed E-state index contributed by atoms with van der Waals surface area (Å²) in [5.41, 5.74) is 3.65. The number of benzene rings is 2. The summed E-state index contributed by atoms with van der Waals surface area (Å²) in [6.07, 6.45) is 2.53. The highest BCUT2D eigenvalue weighted by atomic mass is 35.5. The number of amides is 1. The number of fused-ring (bicyclic) bond motifs is 1. The summed E-state index contributed by atoms with van der Waals surface area (Å²) in [5.74, 6) is -0.294. The molecule has 2 heterocycles. The zero-order valence-electron chi connectivity index (χ0n) is 21.0. The Morgan fingerprint density at radius 1 is 1.22 bits per heavy atom. The first-order valence-electron chi connectivity index (χ1n) is 12.1. The van der Waals surface area contributed by atoms with E-state index in [9.17, 15) is 9.59 Å². The van der Waals surface area contributed by atoms with E-state index in [0.29, 0.717) is 35.2 Å². The lowest BCUT2D eigenvalue weighted by Gasteiger charge is -2.19. The number of carboxylic acid groups (broad SMARTS) is 1. The summed E-state index contributed by atoms with van der Waals surface area (Å²) in [6, 6.07) is 8.80. The molecule has 0 atom stereocenters. The van der Waals surface area contributed by atoms with Crippen molar-refractivity contribution in [3.8, 4) is 0 Å². The standard InChI is InChI=1S/C25H30ClN5O3.CH2O2/c1-3-34-15-17-12-21(27-8-11-31-9-4-5-10-31)16(2)22(13-17)28-24(32)18-6-7-19-20(14-18)23(26)29-30-25(19)33;2-1-3/h6-7,12-14,27H,3-5,8-11,15H2,1-2H3,(H,28,32)(H,30,33);1H,(H,2,3). The van der Waals surface area contributed by atoms with Crippen LogP contribution < -0.4 is 16.2 Å². The van der Waals surface area contributed by atoms with E-state index < -0.39 is 0 Å². The van der Waals surface area contributed by atoms with Crippen LogP contribution in [0.2, 0.25) is 5.15 Å². The minimum absolute atomic E-state index is 0.142. The number of ether oxygens (including phenoxy) is 1. The molecule has 198 valence electrons. The molecule has 4 N–H and O–H groups in total. The zero-order chi connectivity index (χ0) is 26.8. The Morgan fingerprint density at radius 2 is 1.92 bits per heavy atom. The van der Waals surface area contributed by atoms with Crippen LogP contribution >= 0.6 is 11.6 Å². The summed E-state index contributed by atoms with van der Waals surface area (Å²) < 4.78 is 5.61. The Bertz CT molecular complexity index is 1290. The lowest BCUT2D eigenvalue weighted by molar-refractivity contribution is -0.122. The Kier molecular flexibility index (Phi) is 10.4. The van der Waals surface area contributed by atoms with Crippen LogP contribution in [0.4, 0.5) is 11.4 Å². The molecule has 10 nitrogen and oxygen atoms in total. The number of carbonyl (C=O) groups is 2. The fourth-order valence-corrected chi connectivity index (χ4v) is 4.41. The normalized spacial score (nSPS) is 13.2. The van der Waals surface area contributed by atoms with Crippen molar-refractivity contribution in [1.29, 1.82) is 0 Å². The number of H-pyrrole nitrogens is 1. The number of nitrogens with zero attached hydrogens (tertiary/aromatic N) is 2. The van der Waals surface area contributed by atoms with Gasteiger partial charge < -0.3 is 25.4 Å². The van der Waals surface area contributed by atoms with Gasteiger partial charge in [-0.3, -0.25) is 14.4 Å². The monoisotopic (exact) mass is 529 g/mol. The Labute approximate surface area is 220 Å². The van der Waals surface area contributed by atoms with E-state index >= 15 is 0 Å². The van der Waals surface area contributed by atoms with Crippen molar-refractivity contribution < 1.29 is 19.4 Å². The number of carbonyl (C=O) groups excluding carboxylic acids is 1. The van der Waals surface area contributed by atoms with Crippen LogP contribution in [0.15, 0.2) is 35.1 Å². The van der Waals surface area contributed by atoms with Crippen molar-refractivity contribution in [3.63, 3.8) is 0 Å². The maximum atomic E-state index is 13.1. The molecule has 0 radical (unpaired) electrons. The highest BCUT2D eigenvalue weighted by Crippen LogP contribution is 2.28. The van der Waals surface area contributed by atoms with Gasteiger partial charge in [0.15, 0.2) is 5.15 Å². The Morgan fingerprint density at radius 3 is 2.62 bits per heavy atom. The molecule has 11 heteroatoms. The predicted octanol–water partition coefficient (Wildman–Crippen LogP) is 3.88. The van der Waals surface area contributed by atoms with Gasteiger partial charge in [-0.15, -0.1) is 0 Å². The second-order valence-electron chi connectivity index (χ2n) is 8.59. The molecule has 4 rings (SSSR count). The van der Waals surface area contributed by atoms with Crippen molar-refractivity contribution in [2.75, 3.05) is 43.4 Å². The molecule has 3 aromatic rings. The molecule has 1 aromatic heterocycles. The number of nitrogens with one attached hydrogen (secondary N) is 3. The second kappa shape index (κ2) is 13.7. The van der Waals surface area contributed by atoms with Crippen molar-refractivity contribution in [1.82, 2.24) is 15.1 Å². The number of hydrogen-bond donors (Lipinski definition) is 4. The maximum absolute atomic E-state index is 13.1. The lowest BCUT2D eigenvalue weighted by Crippen LogP contribution is -2.26. The van der Waals surface area contributed by atoms with Gasteiger partial charge in [-0.2, -0.15) is 5.10 Å². The average molecular weight is 530 g/mol. The zero-order valence-corrected chi connectivity index (χ0v) is 21.7. The highest BCUT2D eigenvalue weighted by Gasteiger charge is 2.15. The molecule has 0 spiro atoms. The van der Waals surface area contributed by atoms with Gasteiger partial charge >= 0.3 is 0 Å². The third-order valence-electron chi connectivity index (χ3n) is 6.13. The van der Waals surface area contributed by atoms with Crippen LogP contribution in [0.25, 0.3) is 10.8 Å². The number of rotatable bonds is 9. The van der Waals surface area contributed by atoms with Gasteiger partial charge in [0.25, 0.3) is 17.9 Å². The molecule has 0 bridgehead atoms. The number of aromatic amines is 1. The average Bonchev–Trinajstić information content (AvgIpc) is 3.41. The van der Waals surface area contributed by atoms with Crippen molar-refractivity contribution in [2.24, 2.45) is 0 Å². The summed E-state index contributed by atoms with van der Waals surface area (Å²) >= 11 is 6.14. The summed E-state index contributed by atoms with van der Waals surface area (Å²) in [7, 11) is 0. The van der Waals surface area contributed by atoms with Gasteiger partial charge in [0.05, 0.1) is 12.0 Å². The summed E-state index contributed by atoms with van der Waals surface area (Å²) in [5, 5.41) is 20.5. The van der Waals surface area contributed by atoms with Gasteiger partial charge in [0, 0.05) is 42.0 Å². The van der Waals surface area contributed by atoms with E-state index in [1.165, 1.54) is 12.8 Å². The minimum Gasteiger partial charge on any atom is -0.483 e. The SMILES string of the molecule is CCOCc1cc(NCCN2CCCC2)c(C)c(NC(=O)c2ccc3c(=O)[nH]nc(Cl)c3c2)c1.O=CO. The van der Waals surface area contributed by atoms with Gasteiger partial charge in [0.2, 0.25) is 0 Å². The van der Waals surface area contributed by atoms with E-state index in [1.807, 2.05) is 19.9 Å². The highest BCUT2D eigenvalue weighted by molar-refractivity contribution is 6.34. The van der Waals surface area contributed by atoms with Gasteiger partial charge in [-0.1, -0.05) is 11.6 Å². The molecule has 0 saturated carbocycles. The molecular weight excluding hydrogens is 498 g/mol. The van der Waals surface area contributed by atoms with E-state index in [1.54, 1.807) is 18.2 Å². The maximum Gasteiger partial charge on any atom is 0.290 e. The smallest absolute Gasteiger partial charge is 0.290 e. The third-order valence-corrected chi connectivity index (χ3v) is 6.42. The van der Waals surface area contributed by atoms with E-state index in [4.69, 9.17) is 26.2 Å². The topological polar surface area (TPSA) is 137 Å². The number of halogens is 1. The summed E-state index contributed by atoms with van der Waals surface area (Å²) in [6.45, 7) is 8.89. The van der Waals surface area contributed by atoms with Crippen molar-refractivity contribution in [3.05, 3.63) is 62.5 Å². The fourth-order valence-electron chi connectivity index (χ4n) is 4.21. The van der Waals surface area contributed by atoms with E-state index in [2.05, 4.69) is 31.8 Å². The van der Waals surface area contributed by atoms with Crippen LogP contribution in [0.5, 0.6) is 0 Å². The molecular formula is C26H32ClN5O5. The van der Waals surface area contributed by atoms with Gasteiger partial charge in [-0.05, 0) is 81.2 Å². The van der Waals surface area contributed by atoms with Crippen LogP contribution in [-0.4, -0.2) is 65.4 Å². The first-order valence-corrected chi connectivity index (χ1v) is 12.5. The van der Waals surface area contributed by atoms with E-state index in [-0.39, 0.29) is 23.1 Å². The van der Waals surface area contributed by atoms with Crippen LogP contribution in [0.1, 0.15) is 41.3 Å². The summed E-state index contributed by atoms with van der Waals surface area (Å²) in [4.78, 5) is 35.9. The molecule has 0 unspecified atom stereocenters. The molecule has 1 aliphatic heterocycles. The number of hydrogen-bond acceptors (Lipinski definition) is 7. The third kappa shape index (κ3) is 7.51. The first-order chi connectivity index (χ1) is 17.9. The van der Waals surface area contributed by atoms with Gasteiger partial charge in [-0.25, -0.2) is 5.10 Å². The molecule has 1 fully saturated rings. The Hall–Kier alpha value is -3.47. The van der Waals surface area contributed by atoms with Gasteiger partial charge in [0.1, 0.15) is 0 Å². The van der Waals surface area contributed by atoms with Crippen LogP contribution in [0.3, 0.4) is 0 Å². The number of anilines is 2. The van der Waals surface area contributed by atoms with Crippen LogP contribution in [0, 0.1) is 6.92 Å². The molecule has 1 aliphatic rings. The minimum atomic E-state index is -0.351. The predicted molar refractivity (Wildman–Crippen MR) is 145 cm³/mol. The fraction of sp³-hybridized carbons (Fsp3) is 0.385. The quantitative estimate of drug-likeness (QED) is 0.306. The first kappa shape index (κ1) is 28.1. The molecule has 1 amide bonds. The Balaban J connectivity index is 0.00000121. The van der Waals surface area contributed by atoms with E-state index in [0.717, 1.165) is 43.0 Å². The molecule has 37 heavy (non-hydrogen) atoms. The van der Waals surface area contributed by atoms with Crippen molar-refractivity contribution in [2.45, 2.75) is 33.3 Å². The largest absolute Gasteiger partial charge is 0.483 e.